The number of amides is 2. The molecule has 0 aliphatic rings. The predicted octanol–water partition coefficient (Wildman–Crippen LogP) is 4.80. The lowest BCUT2D eigenvalue weighted by Gasteiger charge is -2.10. The normalized spacial score (nSPS) is 11.2. The van der Waals surface area contributed by atoms with Gasteiger partial charge in [-0.1, -0.05) is 35.5 Å². The molecule has 1 aromatic heterocycles. The fourth-order valence-electron chi connectivity index (χ4n) is 2.83. The highest BCUT2D eigenvalue weighted by Gasteiger charge is 2.30. The van der Waals surface area contributed by atoms with Crippen LogP contribution in [0.25, 0.3) is 0 Å². The molecule has 2 amide bonds. The van der Waals surface area contributed by atoms with Gasteiger partial charge in [-0.2, -0.15) is 13.2 Å². The second-order valence-corrected chi connectivity index (χ2v) is 8.28. The largest absolute Gasteiger partial charge is 0.416 e. The highest BCUT2D eigenvalue weighted by Crippen LogP contribution is 2.30. The number of benzene rings is 2. The van der Waals surface area contributed by atoms with Gasteiger partial charge in [0, 0.05) is 22.8 Å². The van der Waals surface area contributed by atoms with Gasteiger partial charge in [0.15, 0.2) is 11.0 Å². The number of anilines is 1. The molecule has 34 heavy (non-hydrogen) atoms. The third-order valence-electron chi connectivity index (χ3n) is 4.42. The number of nitrogens with one attached hydrogen (secondary N) is 2. The molecule has 7 nitrogen and oxygen atoms in total. The molecular formula is C22H19ClF3N5O2S. The molecule has 12 heteroatoms. The zero-order chi connectivity index (χ0) is 24.7. The van der Waals surface area contributed by atoms with Gasteiger partial charge >= 0.3 is 6.18 Å². The van der Waals surface area contributed by atoms with Gasteiger partial charge in [0.1, 0.15) is 0 Å². The van der Waals surface area contributed by atoms with Crippen molar-refractivity contribution in [1.29, 1.82) is 0 Å². The van der Waals surface area contributed by atoms with Crippen LogP contribution in [0.3, 0.4) is 0 Å². The average Bonchev–Trinajstić information content (AvgIpc) is 3.18. The summed E-state index contributed by atoms with van der Waals surface area (Å²) in [6.45, 7) is 4.10. The lowest BCUT2D eigenvalue weighted by atomic mass is 10.2. The number of aromatic nitrogens is 3. The summed E-state index contributed by atoms with van der Waals surface area (Å²) < 4.78 is 40.2. The van der Waals surface area contributed by atoms with E-state index in [0.29, 0.717) is 28.1 Å². The molecule has 0 aliphatic carbocycles. The van der Waals surface area contributed by atoms with E-state index in [2.05, 4.69) is 27.4 Å². The number of rotatable bonds is 9. The Morgan fingerprint density at radius 1 is 1.15 bits per heavy atom. The molecular weight excluding hydrogens is 491 g/mol. The van der Waals surface area contributed by atoms with Crippen molar-refractivity contribution in [1.82, 2.24) is 20.1 Å². The van der Waals surface area contributed by atoms with E-state index in [4.69, 9.17) is 11.6 Å². The van der Waals surface area contributed by atoms with Crippen molar-refractivity contribution in [3.63, 3.8) is 0 Å². The third-order valence-corrected chi connectivity index (χ3v) is 5.64. The van der Waals surface area contributed by atoms with Gasteiger partial charge in [-0.05, 0) is 42.5 Å². The Bertz CT molecular complexity index is 1180. The molecule has 0 fully saturated rings. The highest BCUT2D eigenvalue weighted by molar-refractivity contribution is 7.99. The summed E-state index contributed by atoms with van der Waals surface area (Å²) in [7, 11) is 0. The van der Waals surface area contributed by atoms with E-state index in [1.165, 1.54) is 12.1 Å². The fourth-order valence-corrected chi connectivity index (χ4v) is 3.72. The number of carbonyl (C=O) groups excluding carboxylic acids is 2. The number of hydrogen-bond acceptors (Lipinski definition) is 5. The molecule has 0 aliphatic heterocycles. The standard InChI is InChI=1S/C22H19ClF3N5O2S/c1-2-10-31-18(12-27-20(33)14-6-8-16(23)9-7-14)29-30-21(31)34-13-19(32)28-17-5-3-4-15(11-17)22(24,25)26/h2-9,11H,1,10,12-13H2,(H,27,33)(H,28,32). The Kier molecular flexibility index (Phi) is 8.35. The number of allylic oxidation sites excluding steroid dienone is 1. The summed E-state index contributed by atoms with van der Waals surface area (Å²) in [4.78, 5) is 24.6. The van der Waals surface area contributed by atoms with Gasteiger partial charge < -0.3 is 15.2 Å². The minimum atomic E-state index is -4.50. The Morgan fingerprint density at radius 3 is 2.56 bits per heavy atom. The van der Waals surface area contributed by atoms with Crippen molar-refractivity contribution in [2.45, 2.75) is 24.4 Å². The van der Waals surface area contributed by atoms with Gasteiger partial charge in [-0.3, -0.25) is 9.59 Å². The number of nitrogens with zero attached hydrogens (tertiary/aromatic N) is 3. The number of hydrogen-bond donors (Lipinski definition) is 2. The summed E-state index contributed by atoms with van der Waals surface area (Å²) in [5.74, 6) is -0.486. The van der Waals surface area contributed by atoms with Crippen LogP contribution in [0.5, 0.6) is 0 Å². The molecule has 0 saturated heterocycles. The Morgan fingerprint density at radius 2 is 1.88 bits per heavy atom. The summed E-state index contributed by atoms with van der Waals surface area (Å²) in [5.41, 5.74) is -0.382. The molecule has 0 atom stereocenters. The van der Waals surface area contributed by atoms with Gasteiger partial charge in [0.2, 0.25) is 5.91 Å². The Balaban J connectivity index is 1.60. The molecule has 0 bridgehead atoms. The second-order valence-electron chi connectivity index (χ2n) is 6.90. The van der Waals surface area contributed by atoms with Crippen molar-refractivity contribution in [3.8, 4) is 0 Å². The van der Waals surface area contributed by atoms with E-state index in [9.17, 15) is 22.8 Å². The van der Waals surface area contributed by atoms with Crippen molar-refractivity contribution in [3.05, 3.63) is 83.2 Å². The summed E-state index contributed by atoms with van der Waals surface area (Å²) in [6, 6.07) is 10.8. The van der Waals surface area contributed by atoms with Crippen molar-refractivity contribution >= 4 is 40.9 Å². The molecule has 2 aromatic carbocycles. The van der Waals surface area contributed by atoms with E-state index in [0.717, 1.165) is 23.9 Å². The van der Waals surface area contributed by atoms with Gasteiger partial charge in [-0.25, -0.2) is 0 Å². The van der Waals surface area contributed by atoms with Crippen molar-refractivity contribution in [2.24, 2.45) is 0 Å². The van der Waals surface area contributed by atoms with Crippen LogP contribution in [0.2, 0.25) is 5.02 Å². The monoisotopic (exact) mass is 509 g/mol. The number of halogens is 4. The first-order valence-corrected chi connectivity index (χ1v) is 11.2. The zero-order valence-electron chi connectivity index (χ0n) is 17.6. The first kappa shape index (κ1) is 25.3. The first-order chi connectivity index (χ1) is 16.2. The number of alkyl halides is 3. The maximum absolute atomic E-state index is 12.8. The van der Waals surface area contributed by atoms with E-state index >= 15 is 0 Å². The third kappa shape index (κ3) is 6.84. The zero-order valence-corrected chi connectivity index (χ0v) is 19.2. The molecule has 178 valence electrons. The molecule has 0 unspecified atom stereocenters. The molecule has 0 spiro atoms. The van der Waals surface area contributed by atoms with E-state index in [-0.39, 0.29) is 23.9 Å². The second kappa shape index (κ2) is 11.2. The van der Waals surface area contributed by atoms with Crippen LogP contribution in [-0.2, 0) is 24.1 Å². The van der Waals surface area contributed by atoms with Crippen LogP contribution < -0.4 is 10.6 Å². The van der Waals surface area contributed by atoms with Crippen LogP contribution >= 0.6 is 23.4 Å². The first-order valence-electron chi connectivity index (χ1n) is 9.84. The van der Waals surface area contributed by atoms with E-state index in [1.807, 2.05) is 0 Å². The summed E-state index contributed by atoms with van der Waals surface area (Å²) in [6.07, 6.45) is -2.89. The van der Waals surface area contributed by atoms with Crippen LogP contribution in [0.4, 0.5) is 18.9 Å². The minimum absolute atomic E-state index is 0.0404. The smallest absolute Gasteiger partial charge is 0.345 e. The summed E-state index contributed by atoms with van der Waals surface area (Å²) in [5, 5.41) is 14.2. The van der Waals surface area contributed by atoms with Crippen molar-refractivity contribution < 1.29 is 22.8 Å². The molecule has 1 heterocycles. The van der Waals surface area contributed by atoms with Crippen LogP contribution in [0.15, 0.2) is 66.3 Å². The van der Waals surface area contributed by atoms with Crippen molar-refractivity contribution in [2.75, 3.05) is 11.1 Å². The maximum Gasteiger partial charge on any atom is 0.416 e. The fraction of sp³-hybridized carbons (Fsp3) is 0.182. The molecule has 0 saturated carbocycles. The molecule has 3 aromatic rings. The molecule has 3 rings (SSSR count). The summed E-state index contributed by atoms with van der Waals surface area (Å²) >= 11 is 6.89. The van der Waals surface area contributed by atoms with Crippen LogP contribution in [-0.4, -0.2) is 32.3 Å². The lowest BCUT2D eigenvalue weighted by molar-refractivity contribution is -0.137. The minimum Gasteiger partial charge on any atom is -0.345 e. The van der Waals surface area contributed by atoms with Crippen LogP contribution in [0.1, 0.15) is 21.7 Å². The lowest BCUT2D eigenvalue weighted by Crippen LogP contribution is -2.24. The van der Waals surface area contributed by atoms with Gasteiger partial charge in [0.25, 0.3) is 5.91 Å². The molecule has 2 N–H and O–H groups in total. The number of thioether (sulfide) groups is 1. The Labute approximate surface area is 202 Å². The quantitative estimate of drug-likeness (QED) is 0.319. The van der Waals surface area contributed by atoms with E-state index < -0.39 is 17.6 Å². The average molecular weight is 510 g/mol. The van der Waals surface area contributed by atoms with Gasteiger partial charge in [-0.15, -0.1) is 16.8 Å². The number of carbonyl (C=O) groups is 2. The topological polar surface area (TPSA) is 88.9 Å². The maximum atomic E-state index is 12.8. The Hall–Kier alpha value is -3.31. The highest BCUT2D eigenvalue weighted by atomic mass is 35.5. The van der Waals surface area contributed by atoms with Gasteiger partial charge in [0.05, 0.1) is 17.9 Å². The van der Waals surface area contributed by atoms with E-state index in [1.54, 1.807) is 34.9 Å². The SMILES string of the molecule is C=CCn1c(CNC(=O)c2ccc(Cl)cc2)nnc1SCC(=O)Nc1cccc(C(F)(F)F)c1. The molecule has 0 radical (unpaired) electrons. The predicted molar refractivity (Wildman–Crippen MR) is 124 cm³/mol. The van der Waals surface area contributed by atoms with Crippen LogP contribution in [0, 0.1) is 0 Å².